The van der Waals surface area contributed by atoms with Crippen LogP contribution in [0.1, 0.15) is 10.4 Å². The SMILES string of the molecule is N#C/C(=C(/N)c1ccc([N+](=O)[O-])s1)c1ccncc1. The molecule has 2 aromatic rings. The second-order valence-electron chi connectivity index (χ2n) is 3.53. The number of rotatable bonds is 3. The van der Waals surface area contributed by atoms with E-state index in [-0.39, 0.29) is 16.3 Å². The van der Waals surface area contributed by atoms with E-state index in [4.69, 9.17) is 5.73 Å². The van der Waals surface area contributed by atoms with Crippen LogP contribution in [-0.4, -0.2) is 9.91 Å². The summed E-state index contributed by atoms with van der Waals surface area (Å²) in [5.74, 6) is 0. The van der Waals surface area contributed by atoms with Gasteiger partial charge in [-0.05, 0) is 23.8 Å². The molecule has 0 fully saturated rings. The molecule has 6 nitrogen and oxygen atoms in total. The van der Waals surface area contributed by atoms with Gasteiger partial charge in [0.15, 0.2) is 0 Å². The van der Waals surface area contributed by atoms with Crippen molar-refractivity contribution in [2.24, 2.45) is 5.73 Å². The van der Waals surface area contributed by atoms with E-state index in [2.05, 4.69) is 4.98 Å². The number of hydrogen-bond donors (Lipinski definition) is 1. The lowest BCUT2D eigenvalue weighted by Gasteiger charge is -2.02. The molecule has 0 unspecified atom stereocenters. The summed E-state index contributed by atoms with van der Waals surface area (Å²) in [6, 6.07) is 8.25. The summed E-state index contributed by atoms with van der Waals surface area (Å²) in [5, 5.41) is 19.8. The van der Waals surface area contributed by atoms with Crippen molar-refractivity contribution >= 4 is 27.6 Å². The van der Waals surface area contributed by atoms with Gasteiger partial charge in [0.25, 0.3) is 0 Å². The predicted octanol–water partition coefficient (Wildman–Crippen LogP) is 2.40. The topological polar surface area (TPSA) is 106 Å². The molecule has 7 heteroatoms. The first kappa shape index (κ1) is 12.7. The molecule has 0 aliphatic rings. The fraction of sp³-hybridized carbons (Fsp3) is 0. The van der Waals surface area contributed by atoms with Crippen molar-refractivity contribution in [3.8, 4) is 6.07 Å². The van der Waals surface area contributed by atoms with Crippen LogP contribution in [0.25, 0.3) is 11.3 Å². The van der Waals surface area contributed by atoms with Crippen LogP contribution in [0.15, 0.2) is 36.7 Å². The minimum atomic E-state index is -0.486. The Morgan fingerprint density at radius 1 is 1.37 bits per heavy atom. The van der Waals surface area contributed by atoms with Gasteiger partial charge in [0.1, 0.15) is 6.07 Å². The molecule has 0 saturated carbocycles. The van der Waals surface area contributed by atoms with Crippen LogP contribution in [0.2, 0.25) is 0 Å². The number of nitro groups is 1. The summed E-state index contributed by atoms with van der Waals surface area (Å²) in [7, 11) is 0. The molecular formula is C12H8N4O2S. The van der Waals surface area contributed by atoms with E-state index in [9.17, 15) is 15.4 Å². The summed E-state index contributed by atoms with van der Waals surface area (Å²) < 4.78 is 0. The predicted molar refractivity (Wildman–Crippen MR) is 71.8 cm³/mol. The maximum absolute atomic E-state index is 10.6. The van der Waals surface area contributed by atoms with E-state index in [0.717, 1.165) is 11.3 Å². The lowest BCUT2D eigenvalue weighted by atomic mass is 10.1. The Bertz CT molecular complexity index is 685. The lowest BCUT2D eigenvalue weighted by Crippen LogP contribution is -1.98. The van der Waals surface area contributed by atoms with Gasteiger partial charge in [-0.3, -0.25) is 15.1 Å². The molecule has 0 radical (unpaired) electrons. The Labute approximate surface area is 112 Å². The maximum Gasteiger partial charge on any atom is 0.324 e. The van der Waals surface area contributed by atoms with Gasteiger partial charge in [-0.15, -0.1) is 0 Å². The summed E-state index contributed by atoms with van der Waals surface area (Å²) in [6.45, 7) is 0. The highest BCUT2D eigenvalue weighted by molar-refractivity contribution is 7.16. The van der Waals surface area contributed by atoms with Crippen LogP contribution >= 0.6 is 11.3 Å². The van der Waals surface area contributed by atoms with Gasteiger partial charge in [0.2, 0.25) is 0 Å². The van der Waals surface area contributed by atoms with E-state index in [1.54, 1.807) is 24.5 Å². The maximum atomic E-state index is 10.6. The smallest absolute Gasteiger partial charge is 0.324 e. The Balaban J connectivity index is 2.49. The highest BCUT2D eigenvalue weighted by Gasteiger charge is 2.14. The van der Waals surface area contributed by atoms with Crippen molar-refractivity contribution in [2.75, 3.05) is 0 Å². The van der Waals surface area contributed by atoms with Gasteiger partial charge in [-0.1, -0.05) is 11.3 Å². The number of hydrogen-bond acceptors (Lipinski definition) is 6. The van der Waals surface area contributed by atoms with Crippen molar-refractivity contribution in [3.63, 3.8) is 0 Å². The Hall–Kier alpha value is -2.72. The molecule has 94 valence electrons. The summed E-state index contributed by atoms with van der Waals surface area (Å²) >= 11 is 0.939. The molecule has 19 heavy (non-hydrogen) atoms. The molecule has 0 aromatic carbocycles. The molecule has 0 bridgehead atoms. The van der Waals surface area contributed by atoms with Crippen LogP contribution in [0.3, 0.4) is 0 Å². The minimum Gasteiger partial charge on any atom is -0.396 e. The number of aromatic nitrogens is 1. The molecule has 2 heterocycles. The average molecular weight is 272 g/mol. The highest BCUT2D eigenvalue weighted by Crippen LogP contribution is 2.30. The number of nitrogens with two attached hydrogens (primary N) is 1. The first-order valence-electron chi connectivity index (χ1n) is 5.18. The summed E-state index contributed by atoms with van der Waals surface area (Å²) in [5.41, 5.74) is 7.06. The normalized spacial score (nSPS) is 11.5. The molecule has 0 amide bonds. The third kappa shape index (κ3) is 2.59. The monoisotopic (exact) mass is 272 g/mol. The minimum absolute atomic E-state index is 0.00929. The summed E-state index contributed by atoms with van der Waals surface area (Å²) in [6.07, 6.45) is 3.10. The van der Waals surface area contributed by atoms with E-state index in [1.165, 1.54) is 12.1 Å². The molecule has 0 atom stereocenters. The number of allylic oxidation sites excluding steroid dienone is 1. The lowest BCUT2D eigenvalue weighted by molar-refractivity contribution is -0.380. The van der Waals surface area contributed by atoms with Crippen molar-refractivity contribution in [1.82, 2.24) is 4.98 Å². The molecule has 2 aromatic heterocycles. The zero-order valence-electron chi connectivity index (χ0n) is 9.61. The van der Waals surface area contributed by atoms with Crippen molar-refractivity contribution in [3.05, 3.63) is 57.2 Å². The first-order chi connectivity index (χ1) is 9.13. The average Bonchev–Trinajstić information content (AvgIpc) is 2.90. The second kappa shape index (κ2) is 5.29. The molecule has 0 spiro atoms. The molecule has 2 rings (SSSR count). The molecular weight excluding hydrogens is 264 g/mol. The van der Waals surface area contributed by atoms with Gasteiger partial charge < -0.3 is 5.73 Å². The first-order valence-corrected chi connectivity index (χ1v) is 6.00. The van der Waals surface area contributed by atoms with E-state index >= 15 is 0 Å². The summed E-state index contributed by atoms with van der Waals surface area (Å²) in [4.78, 5) is 14.5. The number of pyridine rings is 1. The van der Waals surface area contributed by atoms with Crippen LogP contribution in [0, 0.1) is 21.4 Å². The number of nitriles is 1. The molecule has 0 saturated heterocycles. The Morgan fingerprint density at radius 3 is 2.58 bits per heavy atom. The third-order valence-corrected chi connectivity index (χ3v) is 3.46. The number of thiophene rings is 1. The molecule has 0 aliphatic heterocycles. The quantitative estimate of drug-likeness (QED) is 0.524. The van der Waals surface area contributed by atoms with Crippen molar-refractivity contribution < 1.29 is 4.92 Å². The Kier molecular flexibility index (Phi) is 3.54. The molecule has 2 N–H and O–H groups in total. The van der Waals surface area contributed by atoms with Crippen LogP contribution < -0.4 is 5.73 Å². The zero-order chi connectivity index (χ0) is 13.8. The fourth-order valence-corrected chi connectivity index (χ4v) is 2.28. The largest absolute Gasteiger partial charge is 0.396 e. The van der Waals surface area contributed by atoms with E-state index in [0.29, 0.717) is 10.4 Å². The van der Waals surface area contributed by atoms with Crippen molar-refractivity contribution in [2.45, 2.75) is 0 Å². The van der Waals surface area contributed by atoms with Crippen molar-refractivity contribution in [1.29, 1.82) is 5.26 Å². The van der Waals surface area contributed by atoms with E-state index < -0.39 is 4.92 Å². The van der Waals surface area contributed by atoms with Gasteiger partial charge >= 0.3 is 5.00 Å². The highest BCUT2D eigenvalue weighted by atomic mass is 32.1. The number of nitrogens with zero attached hydrogens (tertiary/aromatic N) is 3. The third-order valence-electron chi connectivity index (χ3n) is 2.39. The Morgan fingerprint density at radius 2 is 2.05 bits per heavy atom. The van der Waals surface area contributed by atoms with Gasteiger partial charge in [-0.25, -0.2) is 0 Å². The fourth-order valence-electron chi connectivity index (χ4n) is 1.49. The van der Waals surface area contributed by atoms with E-state index in [1.807, 2.05) is 6.07 Å². The van der Waals surface area contributed by atoms with Crippen LogP contribution in [0.4, 0.5) is 5.00 Å². The van der Waals surface area contributed by atoms with Gasteiger partial charge in [0.05, 0.1) is 21.1 Å². The standard InChI is InChI=1S/C12H8N4O2S/c13-7-9(8-3-5-15-6-4-8)12(14)10-1-2-11(19-10)16(17)18/h1-6H,14H2/b12-9-. The van der Waals surface area contributed by atoms with Gasteiger partial charge in [-0.2, -0.15) is 5.26 Å². The zero-order valence-corrected chi connectivity index (χ0v) is 10.4. The molecule has 0 aliphatic carbocycles. The second-order valence-corrected chi connectivity index (χ2v) is 4.59. The van der Waals surface area contributed by atoms with Crippen LogP contribution in [-0.2, 0) is 0 Å². The van der Waals surface area contributed by atoms with Crippen LogP contribution in [0.5, 0.6) is 0 Å². The van der Waals surface area contributed by atoms with Gasteiger partial charge in [0, 0.05) is 18.5 Å².